The van der Waals surface area contributed by atoms with Crippen molar-refractivity contribution in [3.8, 4) is 0 Å². The summed E-state index contributed by atoms with van der Waals surface area (Å²) in [5.41, 5.74) is 8.12. The molecule has 0 aliphatic heterocycles. The van der Waals surface area contributed by atoms with E-state index >= 15 is 0 Å². The van der Waals surface area contributed by atoms with E-state index in [1.54, 1.807) is 18.2 Å². The second-order valence-corrected chi connectivity index (χ2v) is 4.97. The first kappa shape index (κ1) is 13.0. The van der Waals surface area contributed by atoms with Gasteiger partial charge in [0.25, 0.3) is 5.91 Å². The highest BCUT2D eigenvalue weighted by Gasteiger charge is 2.08. The highest BCUT2D eigenvalue weighted by Crippen LogP contribution is 2.20. The lowest BCUT2D eigenvalue weighted by atomic mass is 10.1. The monoisotopic (exact) mass is 264 g/mol. The fourth-order valence-corrected chi connectivity index (χ4v) is 2.39. The van der Waals surface area contributed by atoms with Crippen LogP contribution in [0.25, 0.3) is 0 Å². The summed E-state index contributed by atoms with van der Waals surface area (Å²) in [5.74, 6) is -0.122. The van der Waals surface area contributed by atoms with Crippen molar-refractivity contribution in [1.29, 1.82) is 0 Å². The first-order chi connectivity index (χ1) is 8.65. The van der Waals surface area contributed by atoms with Crippen LogP contribution in [-0.2, 0) is 0 Å². The van der Waals surface area contributed by atoms with Crippen LogP contribution in [0.3, 0.4) is 0 Å². The van der Waals surface area contributed by atoms with Gasteiger partial charge in [-0.2, -0.15) is 0 Å². The Morgan fingerprint density at radius 3 is 2.89 bits per heavy atom. The third-order valence-electron chi connectivity index (χ3n) is 3.05. The molecule has 2 rings (SSSR count). The van der Waals surface area contributed by atoms with E-state index < -0.39 is 0 Å². The summed E-state index contributed by atoms with van der Waals surface area (Å²) in [7, 11) is 0. The Kier molecular flexibility index (Phi) is 4.26. The third kappa shape index (κ3) is 3.50. The number of anilines is 1. The molecule has 1 aliphatic rings. The van der Waals surface area contributed by atoms with Crippen LogP contribution in [0, 0.1) is 0 Å². The van der Waals surface area contributed by atoms with Gasteiger partial charge in [0, 0.05) is 22.8 Å². The van der Waals surface area contributed by atoms with Crippen LogP contribution in [0.1, 0.15) is 36.0 Å². The largest absolute Gasteiger partial charge is 0.399 e. The number of halogens is 1. The Bertz CT molecular complexity index is 462. The number of nitrogens with two attached hydrogens (primary N) is 1. The van der Waals surface area contributed by atoms with Crippen molar-refractivity contribution in [2.24, 2.45) is 0 Å². The van der Waals surface area contributed by atoms with Crippen LogP contribution in [0.2, 0.25) is 5.02 Å². The van der Waals surface area contributed by atoms with Gasteiger partial charge in [0.2, 0.25) is 0 Å². The fraction of sp³-hybridized carbons (Fsp3) is 0.357. The standard InChI is InChI=1S/C14H17ClN2O/c15-12-7-11(8-13(16)9-12)14(18)17-6-5-10-3-1-2-4-10/h3,7-9H,1-2,4-6,16H2,(H,17,18). The molecule has 0 atom stereocenters. The summed E-state index contributed by atoms with van der Waals surface area (Å²) in [6, 6.07) is 4.89. The molecule has 0 unspecified atom stereocenters. The molecule has 1 aromatic rings. The third-order valence-corrected chi connectivity index (χ3v) is 3.27. The first-order valence-electron chi connectivity index (χ1n) is 6.17. The van der Waals surface area contributed by atoms with Crippen LogP contribution < -0.4 is 11.1 Å². The van der Waals surface area contributed by atoms with E-state index in [2.05, 4.69) is 11.4 Å². The van der Waals surface area contributed by atoms with Crippen molar-refractivity contribution in [3.63, 3.8) is 0 Å². The van der Waals surface area contributed by atoms with Crippen LogP contribution in [0.5, 0.6) is 0 Å². The van der Waals surface area contributed by atoms with Gasteiger partial charge in [0.05, 0.1) is 0 Å². The van der Waals surface area contributed by atoms with Gasteiger partial charge in [-0.25, -0.2) is 0 Å². The summed E-state index contributed by atoms with van der Waals surface area (Å²) >= 11 is 5.86. The van der Waals surface area contributed by atoms with Gasteiger partial charge in [-0.1, -0.05) is 23.3 Å². The minimum Gasteiger partial charge on any atom is -0.399 e. The van der Waals surface area contributed by atoms with Crippen molar-refractivity contribution in [3.05, 3.63) is 40.4 Å². The van der Waals surface area contributed by atoms with Crippen molar-refractivity contribution in [2.45, 2.75) is 25.7 Å². The van der Waals surface area contributed by atoms with Crippen molar-refractivity contribution >= 4 is 23.2 Å². The second-order valence-electron chi connectivity index (χ2n) is 4.53. The number of rotatable bonds is 4. The molecule has 0 spiro atoms. The van der Waals surface area contributed by atoms with E-state index in [9.17, 15) is 4.79 Å². The molecule has 3 nitrogen and oxygen atoms in total. The Balaban J connectivity index is 1.87. The zero-order valence-electron chi connectivity index (χ0n) is 10.2. The molecule has 4 heteroatoms. The summed E-state index contributed by atoms with van der Waals surface area (Å²) in [5, 5.41) is 3.37. The van der Waals surface area contributed by atoms with E-state index in [4.69, 9.17) is 17.3 Å². The quantitative estimate of drug-likeness (QED) is 0.648. The molecule has 96 valence electrons. The summed E-state index contributed by atoms with van der Waals surface area (Å²) in [6.07, 6.45) is 6.79. The van der Waals surface area contributed by atoms with Gasteiger partial charge >= 0.3 is 0 Å². The van der Waals surface area contributed by atoms with Crippen molar-refractivity contribution in [2.75, 3.05) is 12.3 Å². The maximum atomic E-state index is 11.9. The van der Waals surface area contributed by atoms with E-state index in [-0.39, 0.29) is 5.91 Å². The number of hydrogen-bond donors (Lipinski definition) is 2. The van der Waals surface area contributed by atoms with E-state index in [1.807, 2.05) is 0 Å². The van der Waals surface area contributed by atoms with E-state index in [1.165, 1.54) is 24.8 Å². The minimum atomic E-state index is -0.122. The zero-order valence-corrected chi connectivity index (χ0v) is 11.0. The van der Waals surface area contributed by atoms with Crippen LogP contribution in [0.4, 0.5) is 5.69 Å². The maximum absolute atomic E-state index is 11.9. The van der Waals surface area contributed by atoms with Gasteiger partial charge in [0.1, 0.15) is 0 Å². The molecule has 0 aromatic heterocycles. The maximum Gasteiger partial charge on any atom is 0.251 e. The average molecular weight is 265 g/mol. The van der Waals surface area contributed by atoms with Gasteiger partial charge in [0.15, 0.2) is 0 Å². The minimum absolute atomic E-state index is 0.122. The molecule has 1 amide bonds. The van der Waals surface area contributed by atoms with Crippen LogP contribution >= 0.6 is 11.6 Å². The zero-order chi connectivity index (χ0) is 13.0. The lowest BCUT2D eigenvalue weighted by molar-refractivity contribution is 0.0954. The predicted molar refractivity (Wildman–Crippen MR) is 74.7 cm³/mol. The summed E-state index contributed by atoms with van der Waals surface area (Å²) in [6.45, 7) is 0.664. The number of amides is 1. The molecular formula is C14H17ClN2O. The molecule has 18 heavy (non-hydrogen) atoms. The highest BCUT2D eigenvalue weighted by atomic mass is 35.5. The number of allylic oxidation sites excluding steroid dienone is 1. The van der Waals surface area contributed by atoms with Crippen LogP contribution in [0.15, 0.2) is 29.8 Å². The number of carbonyl (C=O) groups is 1. The topological polar surface area (TPSA) is 55.1 Å². The molecule has 0 fully saturated rings. The number of carbonyl (C=O) groups excluding carboxylic acids is 1. The molecular weight excluding hydrogens is 248 g/mol. The number of benzene rings is 1. The summed E-state index contributed by atoms with van der Waals surface area (Å²) in [4.78, 5) is 11.9. The Morgan fingerprint density at radius 1 is 1.39 bits per heavy atom. The summed E-state index contributed by atoms with van der Waals surface area (Å²) < 4.78 is 0. The Morgan fingerprint density at radius 2 is 2.22 bits per heavy atom. The molecule has 3 N–H and O–H groups in total. The van der Waals surface area contributed by atoms with Gasteiger partial charge in [-0.3, -0.25) is 4.79 Å². The smallest absolute Gasteiger partial charge is 0.251 e. The number of nitrogens with one attached hydrogen (secondary N) is 1. The number of hydrogen-bond acceptors (Lipinski definition) is 2. The fourth-order valence-electron chi connectivity index (χ4n) is 2.15. The molecule has 0 saturated heterocycles. The van der Waals surface area contributed by atoms with Crippen LogP contribution in [-0.4, -0.2) is 12.5 Å². The molecule has 0 radical (unpaired) electrons. The second kappa shape index (κ2) is 5.91. The van der Waals surface area contributed by atoms with Crippen molar-refractivity contribution < 1.29 is 4.79 Å². The molecule has 0 bridgehead atoms. The average Bonchev–Trinajstić information content (AvgIpc) is 2.80. The first-order valence-corrected chi connectivity index (χ1v) is 6.55. The number of nitrogen functional groups attached to an aromatic ring is 1. The lowest BCUT2D eigenvalue weighted by Gasteiger charge is -2.07. The van der Waals surface area contributed by atoms with Gasteiger partial charge in [-0.05, 0) is 43.9 Å². The molecule has 1 aliphatic carbocycles. The SMILES string of the molecule is Nc1cc(Cl)cc(C(=O)NCCC2=CCCC2)c1. The predicted octanol–water partition coefficient (Wildman–Crippen LogP) is 3.15. The normalized spacial score (nSPS) is 14.4. The molecule has 0 heterocycles. The Labute approximate surface area is 112 Å². The molecule has 0 saturated carbocycles. The van der Waals surface area contributed by atoms with Gasteiger partial charge < -0.3 is 11.1 Å². The van der Waals surface area contributed by atoms with Crippen molar-refractivity contribution in [1.82, 2.24) is 5.32 Å². The highest BCUT2D eigenvalue weighted by molar-refractivity contribution is 6.31. The lowest BCUT2D eigenvalue weighted by Crippen LogP contribution is -2.24. The molecule has 1 aromatic carbocycles. The Hall–Kier alpha value is -1.48. The van der Waals surface area contributed by atoms with E-state index in [0.717, 1.165) is 6.42 Å². The van der Waals surface area contributed by atoms with E-state index in [0.29, 0.717) is 22.8 Å². The van der Waals surface area contributed by atoms with Gasteiger partial charge in [-0.15, -0.1) is 0 Å².